The summed E-state index contributed by atoms with van der Waals surface area (Å²) in [5.41, 5.74) is 0. The third-order valence-electron chi connectivity index (χ3n) is 12.8. The Morgan fingerprint density at radius 3 is 0.934 bits per heavy atom. The fraction of sp³-hybridized carbons (Fsp3) is 0.945. The van der Waals surface area contributed by atoms with Gasteiger partial charge in [-0.1, -0.05) is 266 Å². The zero-order valence-corrected chi connectivity index (χ0v) is 41.8. The summed E-state index contributed by atoms with van der Waals surface area (Å²) in [6, 6.07) is 0. The summed E-state index contributed by atoms with van der Waals surface area (Å²) in [5, 5.41) is 0. The van der Waals surface area contributed by atoms with Gasteiger partial charge in [0, 0.05) is 19.3 Å². The summed E-state index contributed by atoms with van der Waals surface area (Å²) in [4.78, 5) is 38.0. The average Bonchev–Trinajstić information content (AvgIpc) is 3.24. The first-order chi connectivity index (χ1) is 29.8. The van der Waals surface area contributed by atoms with Gasteiger partial charge in [0.25, 0.3) is 0 Å². The highest BCUT2D eigenvalue weighted by atomic mass is 16.6. The summed E-state index contributed by atoms with van der Waals surface area (Å²) >= 11 is 0. The van der Waals surface area contributed by atoms with Crippen LogP contribution in [0.25, 0.3) is 0 Å². The minimum Gasteiger partial charge on any atom is -0.462 e. The molecule has 0 amide bonds. The standard InChI is InChI=1S/C55H106O6/c1-6-8-9-10-11-12-13-17-21-24-30-35-40-45-53(56)59-48-52(61-55(58)47-42-37-32-27-26-29-34-39-44-51(5)7-2)49-60-54(57)46-41-36-31-25-22-19-16-14-15-18-20-23-28-33-38-43-50(3)4/h50-52H,6-49H2,1-5H3/t51?,52-/m1/s1. The second-order valence-corrected chi connectivity index (χ2v) is 19.6. The molecule has 362 valence electrons. The molecule has 0 aromatic carbocycles. The maximum absolute atomic E-state index is 12.8. The minimum atomic E-state index is -0.762. The van der Waals surface area contributed by atoms with Gasteiger partial charge in [-0.05, 0) is 31.1 Å². The van der Waals surface area contributed by atoms with Gasteiger partial charge in [-0.15, -0.1) is 0 Å². The third-order valence-corrected chi connectivity index (χ3v) is 12.8. The van der Waals surface area contributed by atoms with Crippen LogP contribution in [-0.2, 0) is 28.6 Å². The van der Waals surface area contributed by atoms with Crippen molar-refractivity contribution in [1.82, 2.24) is 0 Å². The van der Waals surface area contributed by atoms with Crippen molar-refractivity contribution in [2.45, 2.75) is 310 Å². The molecule has 2 atom stereocenters. The molecule has 0 spiro atoms. The van der Waals surface area contributed by atoms with Crippen LogP contribution in [0.15, 0.2) is 0 Å². The first-order valence-corrected chi connectivity index (χ1v) is 27.3. The molecule has 0 heterocycles. The molecule has 0 aromatic rings. The summed E-state index contributed by atoms with van der Waals surface area (Å²) in [6.45, 7) is 11.4. The van der Waals surface area contributed by atoms with E-state index in [2.05, 4.69) is 34.6 Å². The van der Waals surface area contributed by atoms with Gasteiger partial charge in [-0.25, -0.2) is 0 Å². The summed E-state index contributed by atoms with van der Waals surface area (Å²) in [5.74, 6) is 0.848. The zero-order valence-electron chi connectivity index (χ0n) is 41.8. The van der Waals surface area contributed by atoms with Crippen molar-refractivity contribution < 1.29 is 28.6 Å². The second kappa shape index (κ2) is 47.9. The van der Waals surface area contributed by atoms with E-state index in [1.165, 1.54) is 193 Å². The van der Waals surface area contributed by atoms with E-state index in [9.17, 15) is 14.4 Å². The number of hydrogen-bond acceptors (Lipinski definition) is 6. The van der Waals surface area contributed by atoms with Crippen LogP contribution in [0.4, 0.5) is 0 Å². The number of esters is 3. The summed E-state index contributed by atoms with van der Waals surface area (Å²) in [6.07, 6.45) is 49.4. The molecule has 0 saturated carbocycles. The van der Waals surface area contributed by atoms with Crippen molar-refractivity contribution in [3.63, 3.8) is 0 Å². The quantitative estimate of drug-likeness (QED) is 0.0344. The van der Waals surface area contributed by atoms with Gasteiger partial charge in [0.1, 0.15) is 13.2 Å². The smallest absolute Gasteiger partial charge is 0.306 e. The lowest BCUT2D eigenvalue weighted by atomic mass is 9.99. The fourth-order valence-electron chi connectivity index (χ4n) is 8.31. The van der Waals surface area contributed by atoms with Gasteiger partial charge in [0.2, 0.25) is 0 Å². The highest BCUT2D eigenvalue weighted by Crippen LogP contribution is 2.18. The van der Waals surface area contributed by atoms with Crippen LogP contribution in [0, 0.1) is 11.8 Å². The van der Waals surface area contributed by atoms with Gasteiger partial charge in [-0.3, -0.25) is 14.4 Å². The molecule has 0 aliphatic carbocycles. The van der Waals surface area contributed by atoms with E-state index in [4.69, 9.17) is 14.2 Å². The maximum Gasteiger partial charge on any atom is 0.306 e. The van der Waals surface area contributed by atoms with Crippen molar-refractivity contribution >= 4 is 17.9 Å². The van der Waals surface area contributed by atoms with Crippen molar-refractivity contribution in [3.8, 4) is 0 Å². The van der Waals surface area contributed by atoms with E-state index in [0.717, 1.165) is 69.6 Å². The molecule has 0 aromatic heterocycles. The van der Waals surface area contributed by atoms with Crippen LogP contribution in [0.1, 0.15) is 304 Å². The number of rotatable bonds is 49. The molecule has 0 radical (unpaired) electrons. The highest BCUT2D eigenvalue weighted by molar-refractivity contribution is 5.71. The maximum atomic E-state index is 12.8. The van der Waals surface area contributed by atoms with Crippen molar-refractivity contribution in [2.75, 3.05) is 13.2 Å². The Bertz CT molecular complexity index is 933. The molecule has 0 fully saturated rings. The molecule has 6 heteroatoms. The van der Waals surface area contributed by atoms with Crippen LogP contribution in [0.3, 0.4) is 0 Å². The molecular formula is C55H106O6. The number of carbonyl (C=O) groups excluding carboxylic acids is 3. The van der Waals surface area contributed by atoms with Gasteiger partial charge in [0.05, 0.1) is 0 Å². The molecule has 0 aliphatic heterocycles. The molecule has 0 saturated heterocycles. The molecule has 0 N–H and O–H groups in total. The Morgan fingerprint density at radius 1 is 0.344 bits per heavy atom. The summed E-state index contributed by atoms with van der Waals surface area (Å²) < 4.78 is 16.8. The van der Waals surface area contributed by atoms with E-state index in [-0.39, 0.29) is 31.1 Å². The number of ether oxygens (including phenoxy) is 3. The van der Waals surface area contributed by atoms with Gasteiger partial charge in [0.15, 0.2) is 6.10 Å². The Balaban J connectivity index is 4.28. The van der Waals surface area contributed by atoms with Crippen molar-refractivity contribution in [2.24, 2.45) is 11.8 Å². The predicted octanol–water partition coefficient (Wildman–Crippen LogP) is 17.7. The Kier molecular flexibility index (Phi) is 46.6. The molecular weight excluding hydrogens is 757 g/mol. The molecule has 6 nitrogen and oxygen atoms in total. The van der Waals surface area contributed by atoms with Gasteiger partial charge >= 0.3 is 17.9 Å². The molecule has 0 rings (SSSR count). The van der Waals surface area contributed by atoms with Gasteiger partial charge < -0.3 is 14.2 Å². The Hall–Kier alpha value is -1.59. The predicted molar refractivity (Wildman–Crippen MR) is 261 cm³/mol. The van der Waals surface area contributed by atoms with Crippen LogP contribution < -0.4 is 0 Å². The van der Waals surface area contributed by atoms with E-state index < -0.39 is 6.10 Å². The van der Waals surface area contributed by atoms with E-state index in [1.54, 1.807) is 0 Å². The lowest BCUT2D eigenvalue weighted by Gasteiger charge is -2.18. The molecule has 1 unspecified atom stereocenters. The Morgan fingerprint density at radius 2 is 0.623 bits per heavy atom. The highest BCUT2D eigenvalue weighted by Gasteiger charge is 2.19. The normalized spacial score (nSPS) is 12.5. The monoisotopic (exact) mass is 863 g/mol. The minimum absolute atomic E-state index is 0.0636. The van der Waals surface area contributed by atoms with Crippen molar-refractivity contribution in [1.29, 1.82) is 0 Å². The lowest BCUT2D eigenvalue weighted by Crippen LogP contribution is -2.30. The fourth-order valence-corrected chi connectivity index (χ4v) is 8.31. The van der Waals surface area contributed by atoms with E-state index >= 15 is 0 Å². The van der Waals surface area contributed by atoms with Gasteiger partial charge in [-0.2, -0.15) is 0 Å². The third kappa shape index (κ3) is 47.7. The van der Waals surface area contributed by atoms with Crippen LogP contribution in [0.5, 0.6) is 0 Å². The largest absolute Gasteiger partial charge is 0.462 e. The van der Waals surface area contributed by atoms with Crippen LogP contribution in [0.2, 0.25) is 0 Å². The van der Waals surface area contributed by atoms with E-state index in [1.807, 2.05) is 0 Å². The number of carbonyl (C=O) groups is 3. The average molecular weight is 863 g/mol. The topological polar surface area (TPSA) is 78.9 Å². The van der Waals surface area contributed by atoms with E-state index in [0.29, 0.717) is 19.3 Å². The van der Waals surface area contributed by atoms with Crippen molar-refractivity contribution in [3.05, 3.63) is 0 Å². The molecule has 0 aliphatic rings. The molecule has 61 heavy (non-hydrogen) atoms. The summed E-state index contributed by atoms with van der Waals surface area (Å²) in [7, 11) is 0. The first-order valence-electron chi connectivity index (χ1n) is 27.3. The Labute approximate surface area is 380 Å². The number of hydrogen-bond donors (Lipinski definition) is 0. The number of unbranched alkanes of at least 4 members (excludes halogenated alkanes) is 33. The SMILES string of the molecule is CCCCCCCCCCCCCCCC(=O)OC[C@H](COC(=O)CCCCCCCCCCCCCCCCCC(C)C)OC(=O)CCCCCCCCCCC(C)CC. The lowest BCUT2D eigenvalue weighted by molar-refractivity contribution is -0.167. The first kappa shape index (κ1) is 59.4. The zero-order chi connectivity index (χ0) is 44.7. The molecule has 0 bridgehead atoms. The van der Waals surface area contributed by atoms with Crippen LogP contribution in [-0.4, -0.2) is 37.2 Å². The second-order valence-electron chi connectivity index (χ2n) is 19.6. The van der Waals surface area contributed by atoms with Crippen LogP contribution >= 0.6 is 0 Å².